The molecule has 0 radical (unpaired) electrons. The molecule has 0 aromatic carbocycles. The molecule has 8 nitrogen and oxygen atoms in total. The molecule has 0 saturated carbocycles. The standard InChI is InChI=1S/C16H22N6O2/c1-11-9-14(22-7-3-4-8-22)20-16(19-11)18-6-5-17-15(23)13-10-12(2)24-21-13/h9-10H,3-8H2,1-2H3,(H,17,23)(H,18,19,20). The minimum Gasteiger partial charge on any atom is -0.361 e. The molecule has 1 aliphatic rings. The van der Waals surface area contributed by atoms with Crippen LogP contribution in [0.5, 0.6) is 0 Å². The minimum atomic E-state index is -0.253. The Bertz CT molecular complexity index is 708. The van der Waals surface area contributed by atoms with Gasteiger partial charge in [-0.1, -0.05) is 5.16 Å². The third kappa shape index (κ3) is 4.01. The molecule has 1 aliphatic heterocycles. The van der Waals surface area contributed by atoms with Crippen molar-refractivity contribution in [2.24, 2.45) is 0 Å². The van der Waals surface area contributed by atoms with Crippen molar-refractivity contribution in [1.82, 2.24) is 20.4 Å². The maximum atomic E-state index is 11.9. The fraction of sp³-hybridized carbons (Fsp3) is 0.500. The van der Waals surface area contributed by atoms with Gasteiger partial charge in [0.05, 0.1) is 0 Å². The molecule has 0 spiro atoms. The second-order valence-electron chi connectivity index (χ2n) is 5.89. The molecule has 0 bridgehead atoms. The van der Waals surface area contributed by atoms with Gasteiger partial charge in [-0.15, -0.1) is 0 Å². The van der Waals surface area contributed by atoms with E-state index in [-0.39, 0.29) is 11.6 Å². The highest BCUT2D eigenvalue weighted by Gasteiger charge is 2.15. The van der Waals surface area contributed by atoms with Gasteiger partial charge in [0.2, 0.25) is 5.95 Å². The van der Waals surface area contributed by atoms with E-state index in [1.54, 1.807) is 13.0 Å². The van der Waals surface area contributed by atoms with Gasteiger partial charge in [-0.05, 0) is 26.7 Å². The molecule has 1 saturated heterocycles. The van der Waals surface area contributed by atoms with E-state index in [2.05, 4.69) is 30.7 Å². The Morgan fingerprint density at radius 2 is 2.00 bits per heavy atom. The Labute approximate surface area is 140 Å². The van der Waals surface area contributed by atoms with E-state index >= 15 is 0 Å². The lowest BCUT2D eigenvalue weighted by Gasteiger charge is -2.17. The highest BCUT2D eigenvalue weighted by atomic mass is 16.5. The largest absolute Gasteiger partial charge is 0.361 e. The lowest BCUT2D eigenvalue weighted by Crippen LogP contribution is -2.29. The van der Waals surface area contributed by atoms with Gasteiger partial charge >= 0.3 is 0 Å². The second-order valence-corrected chi connectivity index (χ2v) is 5.89. The van der Waals surface area contributed by atoms with Crippen molar-refractivity contribution >= 4 is 17.7 Å². The molecule has 3 heterocycles. The zero-order valence-corrected chi connectivity index (χ0v) is 14.0. The van der Waals surface area contributed by atoms with Crippen molar-refractivity contribution in [2.75, 3.05) is 36.4 Å². The molecule has 128 valence electrons. The van der Waals surface area contributed by atoms with Crippen LogP contribution in [0, 0.1) is 13.8 Å². The Kier molecular flexibility index (Phi) is 4.93. The summed E-state index contributed by atoms with van der Waals surface area (Å²) in [5, 5.41) is 9.61. The van der Waals surface area contributed by atoms with Gasteiger partial charge in [0.15, 0.2) is 5.69 Å². The molecular weight excluding hydrogens is 308 g/mol. The minimum absolute atomic E-state index is 0.253. The summed E-state index contributed by atoms with van der Waals surface area (Å²) in [7, 11) is 0. The lowest BCUT2D eigenvalue weighted by molar-refractivity contribution is 0.0946. The topological polar surface area (TPSA) is 96.2 Å². The maximum absolute atomic E-state index is 11.9. The maximum Gasteiger partial charge on any atom is 0.273 e. The van der Waals surface area contributed by atoms with E-state index in [0.29, 0.717) is 24.8 Å². The molecule has 8 heteroatoms. The van der Waals surface area contributed by atoms with E-state index < -0.39 is 0 Å². The number of carbonyl (C=O) groups is 1. The van der Waals surface area contributed by atoms with Crippen molar-refractivity contribution < 1.29 is 9.32 Å². The predicted octanol–water partition coefficient (Wildman–Crippen LogP) is 1.52. The fourth-order valence-corrected chi connectivity index (χ4v) is 2.65. The van der Waals surface area contributed by atoms with Crippen molar-refractivity contribution in [3.8, 4) is 0 Å². The van der Waals surface area contributed by atoms with Gasteiger partial charge in [-0.3, -0.25) is 4.79 Å². The third-order valence-electron chi connectivity index (χ3n) is 3.83. The molecule has 0 atom stereocenters. The van der Waals surface area contributed by atoms with E-state index in [4.69, 9.17) is 4.52 Å². The Balaban J connectivity index is 1.50. The van der Waals surface area contributed by atoms with Crippen LogP contribution in [0.25, 0.3) is 0 Å². The average Bonchev–Trinajstić information content (AvgIpc) is 3.22. The van der Waals surface area contributed by atoms with Crippen molar-refractivity contribution in [3.63, 3.8) is 0 Å². The van der Waals surface area contributed by atoms with Crippen molar-refractivity contribution in [3.05, 3.63) is 29.3 Å². The zero-order valence-electron chi connectivity index (χ0n) is 14.0. The van der Waals surface area contributed by atoms with Gasteiger partial charge in [-0.2, -0.15) is 4.98 Å². The summed E-state index contributed by atoms with van der Waals surface area (Å²) in [4.78, 5) is 23.1. The van der Waals surface area contributed by atoms with E-state index in [1.807, 2.05) is 13.0 Å². The molecular formula is C16H22N6O2. The number of hydrogen-bond donors (Lipinski definition) is 2. The molecule has 2 aromatic rings. The number of hydrogen-bond acceptors (Lipinski definition) is 7. The van der Waals surface area contributed by atoms with Crippen molar-refractivity contribution in [2.45, 2.75) is 26.7 Å². The van der Waals surface area contributed by atoms with Crippen molar-refractivity contribution in [1.29, 1.82) is 0 Å². The number of nitrogens with zero attached hydrogens (tertiary/aromatic N) is 4. The van der Waals surface area contributed by atoms with Crippen LogP contribution in [0.4, 0.5) is 11.8 Å². The number of aromatic nitrogens is 3. The van der Waals surface area contributed by atoms with E-state index in [0.717, 1.165) is 24.6 Å². The zero-order chi connectivity index (χ0) is 16.9. The van der Waals surface area contributed by atoms with Crippen LogP contribution >= 0.6 is 0 Å². The Morgan fingerprint density at radius 3 is 2.71 bits per heavy atom. The lowest BCUT2D eigenvalue weighted by atomic mass is 10.3. The average molecular weight is 330 g/mol. The van der Waals surface area contributed by atoms with Crippen LogP contribution in [0.15, 0.2) is 16.7 Å². The summed E-state index contributed by atoms with van der Waals surface area (Å²) in [5.41, 5.74) is 1.21. The number of carbonyl (C=O) groups excluding carboxylic acids is 1. The summed E-state index contributed by atoms with van der Waals surface area (Å²) in [6.07, 6.45) is 2.42. The first-order valence-corrected chi connectivity index (χ1v) is 8.18. The fourth-order valence-electron chi connectivity index (χ4n) is 2.65. The van der Waals surface area contributed by atoms with E-state index in [1.165, 1.54) is 12.8 Å². The van der Waals surface area contributed by atoms with Crippen LogP contribution in [-0.2, 0) is 0 Å². The second kappa shape index (κ2) is 7.29. The summed E-state index contributed by atoms with van der Waals surface area (Å²) in [6.45, 7) is 6.78. The molecule has 1 fully saturated rings. The molecule has 2 aromatic heterocycles. The van der Waals surface area contributed by atoms with Gasteiger partial charge in [0.25, 0.3) is 5.91 Å². The Morgan fingerprint density at radius 1 is 1.21 bits per heavy atom. The highest BCUT2D eigenvalue weighted by molar-refractivity contribution is 5.92. The van der Waals surface area contributed by atoms with Crippen LogP contribution < -0.4 is 15.5 Å². The van der Waals surface area contributed by atoms with Gasteiger partial charge in [0, 0.05) is 44.0 Å². The summed E-state index contributed by atoms with van der Waals surface area (Å²) in [5.74, 6) is 1.91. The summed E-state index contributed by atoms with van der Waals surface area (Å²) in [6, 6.07) is 3.61. The first-order valence-electron chi connectivity index (χ1n) is 8.18. The number of aryl methyl sites for hydroxylation is 2. The molecule has 2 N–H and O–H groups in total. The Hall–Kier alpha value is -2.64. The first-order chi connectivity index (χ1) is 11.6. The van der Waals surface area contributed by atoms with Crippen LogP contribution in [0.3, 0.4) is 0 Å². The van der Waals surface area contributed by atoms with Crippen LogP contribution in [0.1, 0.15) is 34.8 Å². The number of amides is 1. The molecule has 24 heavy (non-hydrogen) atoms. The number of nitrogens with one attached hydrogen (secondary N) is 2. The number of anilines is 2. The third-order valence-corrected chi connectivity index (χ3v) is 3.83. The molecule has 0 unspecified atom stereocenters. The first kappa shape index (κ1) is 16.2. The van der Waals surface area contributed by atoms with Crippen LogP contribution in [-0.4, -0.2) is 47.2 Å². The van der Waals surface area contributed by atoms with Gasteiger partial charge in [-0.25, -0.2) is 4.98 Å². The molecule has 0 aliphatic carbocycles. The summed E-state index contributed by atoms with van der Waals surface area (Å²) >= 11 is 0. The molecule has 3 rings (SSSR count). The predicted molar refractivity (Wildman–Crippen MR) is 90.3 cm³/mol. The van der Waals surface area contributed by atoms with Gasteiger partial charge < -0.3 is 20.1 Å². The number of rotatable bonds is 6. The monoisotopic (exact) mass is 330 g/mol. The quantitative estimate of drug-likeness (QED) is 0.775. The summed E-state index contributed by atoms with van der Waals surface area (Å²) < 4.78 is 4.89. The highest BCUT2D eigenvalue weighted by Crippen LogP contribution is 2.19. The van der Waals surface area contributed by atoms with Crippen LogP contribution in [0.2, 0.25) is 0 Å². The normalized spacial score (nSPS) is 14.0. The SMILES string of the molecule is Cc1cc(N2CCCC2)nc(NCCNC(=O)c2cc(C)on2)n1. The molecule has 1 amide bonds. The smallest absolute Gasteiger partial charge is 0.273 e. The van der Waals surface area contributed by atoms with Gasteiger partial charge in [0.1, 0.15) is 11.6 Å². The van der Waals surface area contributed by atoms with E-state index in [9.17, 15) is 4.79 Å².